The van der Waals surface area contributed by atoms with Gasteiger partial charge in [0.05, 0.1) is 16.9 Å². The first-order chi connectivity index (χ1) is 12.3. The van der Waals surface area contributed by atoms with Gasteiger partial charge in [-0.2, -0.15) is 0 Å². The molecule has 0 saturated carbocycles. The highest BCUT2D eigenvalue weighted by Gasteiger charge is 2.38. The Kier molecular flexibility index (Phi) is 4.87. The van der Waals surface area contributed by atoms with Crippen molar-refractivity contribution in [1.29, 1.82) is 0 Å². The third-order valence-electron chi connectivity index (χ3n) is 4.03. The molecule has 5 nitrogen and oxygen atoms in total. The van der Waals surface area contributed by atoms with Gasteiger partial charge in [0.1, 0.15) is 0 Å². The highest BCUT2D eigenvalue weighted by atomic mass is 32.2. The van der Waals surface area contributed by atoms with Crippen LogP contribution < -0.4 is 0 Å². The number of fused-ring (bicyclic) bond motifs is 1. The third-order valence-corrected chi connectivity index (χ3v) is 5.01. The second kappa shape index (κ2) is 6.96. The summed E-state index contributed by atoms with van der Waals surface area (Å²) in [5, 5.41) is 0.538. The highest BCUT2D eigenvalue weighted by molar-refractivity contribution is 8.00. The van der Waals surface area contributed by atoms with Gasteiger partial charge in [0.15, 0.2) is 0 Å². The Morgan fingerprint density at radius 1 is 0.962 bits per heavy atom. The number of nitrogens with zero attached hydrogens (tertiary/aromatic N) is 1. The minimum absolute atomic E-state index is 0.00225. The molecule has 2 aromatic carbocycles. The van der Waals surface area contributed by atoms with Gasteiger partial charge in [0.25, 0.3) is 11.8 Å². The fourth-order valence-corrected chi connectivity index (χ4v) is 3.24. The van der Waals surface area contributed by atoms with Crippen molar-refractivity contribution in [1.82, 2.24) is 5.06 Å². The Balaban J connectivity index is 1.59. The zero-order chi connectivity index (χ0) is 18.9. The zero-order valence-electron chi connectivity index (χ0n) is 14.8. The fourth-order valence-electron chi connectivity index (χ4n) is 2.57. The molecule has 0 fully saturated rings. The molecule has 0 N–H and O–H groups in total. The van der Waals surface area contributed by atoms with E-state index >= 15 is 0 Å². The molecule has 0 saturated heterocycles. The van der Waals surface area contributed by atoms with Crippen molar-refractivity contribution >= 4 is 29.5 Å². The summed E-state index contributed by atoms with van der Waals surface area (Å²) in [6, 6.07) is 14.3. The van der Waals surface area contributed by atoms with Crippen molar-refractivity contribution in [2.45, 2.75) is 31.1 Å². The van der Waals surface area contributed by atoms with E-state index in [0.29, 0.717) is 5.06 Å². The van der Waals surface area contributed by atoms with Gasteiger partial charge in [-0.25, -0.2) is 4.79 Å². The monoisotopic (exact) mass is 369 g/mol. The Bertz CT molecular complexity index is 833. The van der Waals surface area contributed by atoms with Gasteiger partial charge in [-0.1, -0.05) is 50.1 Å². The van der Waals surface area contributed by atoms with Crippen LogP contribution in [-0.2, 0) is 15.0 Å². The molecule has 0 unspecified atom stereocenters. The number of carbonyl (C=O) groups excluding carboxylic acids is 3. The molecule has 0 radical (unpaired) electrons. The van der Waals surface area contributed by atoms with Crippen molar-refractivity contribution in [2.24, 2.45) is 0 Å². The number of rotatable bonds is 4. The van der Waals surface area contributed by atoms with Gasteiger partial charge in [0, 0.05) is 4.90 Å². The van der Waals surface area contributed by atoms with E-state index in [0.717, 1.165) is 4.90 Å². The summed E-state index contributed by atoms with van der Waals surface area (Å²) in [6.07, 6.45) is 0. The molecule has 6 heteroatoms. The van der Waals surface area contributed by atoms with Gasteiger partial charge >= 0.3 is 5.97 Å². The molecule has 1 aliphatic rings. The van der Waals surface area contributed by atoms with Gasteiger partial charge in [0.2, 0.25) is 0 Å². The SMILES string of the molecule is CC(C)(C)c1ccc(SCC(=O)ON2C(=O)c3ccccc3C2=O)cc1. The molecule has 2 amide bonds. The maximum atomic E-state index is 12.2. The Hall–Kier alpha value is -2.60. The van der Waals surface area contributed by atoms with Crippen LogP contribution in [-0.4, -0.2) is 28.6 Å². The molecule has 0 bridgehead atoms. The van der Waals surface area contributed by atoms with Crippen LogP contribution in [0.5, 0.6) is 0 Å². The summed E-state index contributed by atoms with van der Waals surface area (Å²) >= 11 is 1.29. The molecule has 0 atom stereocenters. The molecule has 26 heavy (non-hydrogen) atoms. The van der Waals surface area contributed by atoms with E-state index in [1.165, 1.54) is 29.5 Å². The van der Waals surface area contributed by atoms with Crippen LogP contribution in [0.25, 0.3) is 0 Å². The van der Waals surface area contributed by atoms with Crippen molar-refractivity contribution in [3.63, 3.8) is 0 Å². The van der Waals surface area contributed by atoms with Crippen LogP contribution in [0, 0.1) is 0 Å². The molecule has 0 aliphatic carbocycles. The first kappa shape index (κ1) is 18.2. The number of carbonyl (C=O) groups is 3. The van der Waals surface area contributed by atoms with E-state index in [-0.39, 0.29) is 22.3 Å². The summed E-state index contributed by atoms with van der Waals surface area (Å²) < 4.78 is 0. The van der Waals surface area contributed by atoms with Crippen LogP contribution in [0.3, 0.4) is 0 Å². The molecule has 0 aromatic heterocycles. The number of hydrogen-bond donors (Lipinski definition) is 0. The Labute approximate surface area is 156 Å². The number of thioether (sulfide) groups is 1. The maximum Gasteiger partial charge on any atom is 0.343 e. The molecule has 3 rings (SSSR count). The second-order valence-corrected chi connectivity index (χ2v) is 8.03. The predicted molar refractivity (Wildman–Crippen MR) is 98.9 cm³/mol. The molecule has 0 spiro atoms. The van der Waals surface area contributed by atoms with Crippen LogP contribution in [0.15, 0.2) is 53.4 Å². The van der Waals surface area contributed by atoms with Gasteiger partial charge < -0.3 is 4.84 Å². The first-order valence-corrected chi connectivity index (χ1v) is 9.18. The average Bonchev–Trinajstić information content (AvgIpc) is 2.85. The van der Waals surface area contributed by atoms with Crippen molar-refractivity contribution in [3.8, 4) is 0 Å². The summed E-state index contributed by atoms with van der Waals surface area (Å²) in [7, 11) is 0. The second-order valence-electron chi connectivity index (χ2n) is 6.98. The maximum absolute atomic E-state index is 12.2. The lowest BCUT2D eigenvalue weighted by Gasteiger charge is -2.19. The molecule has 1 heterocycles. The van der Waals surface area contributed by atoms with Crippen LogP contribution in [0.2, 0.25) is 0 Å². The summed E-state index contributed by atoms with van der Waals surface area (Å²) in [5.41, 5.74) is 1.76. The number of imide groups is 1. The topological polar surface area (TPSA) is 63.7 Å². The van der Waals surface area contributed by atoms with E-state index in [4.69, 9.17) is 4.84 Å². The molecule has 2 aromatic rings. The normalized spacial score (nSPS) is 13.7. The Morgan fingerprint density at radius 2 is 1.50 bits per heavy atom. The molecular formula is C20H19NO4S. The van der Waals surface area contributed by atoms with E-state index in [1.54, 1.807) is 12.1 Å². The van der Waals surface area contributed by atoms with Gasteiger partial charge in [-0.05, 0) is 35.2 Å². The van der Waals surface area contributed by atoms with Gasteiger partial charge in [-0.3, -0.25) is 9.59 Å². The largest absolute Gasteiger partial charge is 0.343 e. The smallest absolute Gasteiger partial charge is 0.329 e. The van der Waals surface area contributed by atoms with E-state index in [9.17, 15) is 14.4 Å². The lowest BCUT2D eigenvalue weighted by Crippen LogP contribution is -2.33. The number of benzene rings is 2. The van der Waals surface area contributed by atoms with Gasteiger partial charge in [-0.15, -0.1) is 11.8 Å². The van der Waals surface area contributed by atoms with Crippen molar-refractivity contribution in [3.05, 3.63) is 65.2 Å². The van der Waals surface area contributed by atoms with Crippen molar-refractivity contribution in [2.75, 3.05) is 5.75 Å². The number of amides is 2. The van der Waals surface area contributed by atoms with E-state index in [1.807, 2.05) is 24.3 Å². The van der Waals surface area contributed by atoms with Crippen molar-refractivity contribution < 1.29 is 19.2 Å². The molecular weight excluding hydrogens is 350 g/mol. The third kappa shape index (κ3) is 3.65. The number of hydrogen-bond acceptors (Lipinski definition) is 5. The standard InChI is InChI=1S/C20H19NO4S/c1-20(2,3)13-8-10-14(11-9-13)26-12-17(22)25-21-18(23)15-6-4-5-7-16(15)19(21)24/h4-11H,12H2,1-3H3. The number of hydroxylamine groups is 2. The summed E-state index contributed by atoms with van der Waals surface area (Å²) in [4.78, 5) is 42.3. The van der Waals surface area contributed by atoms with Crippen LogP contribution in [0.4, 0.5) is 0 Å². The zero-order valence-corrected chi connectivity index (χ0v) is 15.6. The lowest BCUT2D eigenvalue weighted by molar-refractivity contribution is -0.165. The molecule has 134 valence electrons. The summed E-state index contributed by atoms with van der Waals surface area (Å²) in [6.45, 7) is 6.40. The fraction of sp³-hybridized carbons (Fsp3) is 0.250. The van der Waals surface area contributed by atoms with E-state index in [2.05, 4.69) is 20.8 Å². The Morgan fingerprint density at radius 3 is 2.00 bits per heavy atom. The highest BCUT2D eigenvalue weighted by Crippen LogP contribution is 2.26. The quantitative estimate of drug-likeness (QED) is 0.605. The lowest BCUT2D eigenvalue weighted by atomic mass is 9.87. The summed E-state index contributed by atoms with van der Waals surface area (Å²) in [5.74, 6) is -1.87. The molecule has 1 aliphatic heterocycles. The first-order valence-electron chi connectivity index (χ1n) is 8.19. The van der Waals surface area contributed by atoms with Crippen LogP contribution in [0.1, 0.15) is 47.1 Å². The minimum atomic E-state index is -0.649. The van der Waals surface area contributed by atoms with Crippen LogP contribution >= 0.6 is 11.8 Å². The average molecular weight is 369 g/mol. The van der Waals surface area contributed by atoms with E-state index < -0.39 is 17.8 Å². The predicted octanol–water partition coefficient (Wildman–Crippen LogP) is 3.83. The minimum Gasteiger partial charge on any atom is -0.329 e.